The van der Waals surface area contributed by atoms with Crippen molar-refractivity contribution in [2.75, 3.05) is 7.11 Å². The first-order valence-corrected chi connectivity index (χ1v) is 8.72. The molecule has 23 heavy (non-hydrogen) atoms. The fourth-order valence-corrected chi connectivity index (χ4v) is 3.38. The van der Waals surface area contributed by atoms with Crippen molar-refractivity contribution in [3.8, 4) is 5.75 Å². The monoisotopic (exact) mass is 372 g/mol. The van der Waals surface area contributed by atoms with Gasteiger partial charge in [-0.25, -0.2) is 0 Å². The molecule has 0 spiro atoms. The predicted octanol–water partition coefficient (Wildman–Crippen LogP) is 3.62. The van der Waals surface area contributed by atoms with Gasteiger partial charge in [0, 0.05) is 5.56 Å². The van der Waals surface area contributed by atoms with Crippen LogP contribution in [0.4, 0.5) is 0 Å². The Balaban J connectivity index is 2.29. The number of rotatable bonds is 5. The number of hydrazone groups is 1. The third-order valence-corrected chi connectivity index (χ3v) is 4.88. The van der Waals surface area contributed by atoms with E-state index in [9.17, 15) is 8.42 Å². The molecule has 0 unspecified atom stereocenters. The molecule has 1 N–H and O–H groups in total. The zero-order valence-electron chi connectivity index (χ0n) is 12.4. The summed E-state index contributed by atoms with van der Waals surface area (Å²) in [5.41, 5.74) is 1.21. The molecule has 122 valence electrons. The largest absolute Gasteiger partial charge is 0.495 e. The van der Waals surface area contributed by atoms with E-state index < -0.39 is 10.0 Å². The van der Waals surface area contributed by atoms with Gasteiger partial charge in [-0.15, -0.1) is 0 Å². The number of benzene rings is 2. The summed E-state index contributed by atoms with van der Waals surface area (Å²) < 4.78 is 29.8. The SMILES string of the molecule is COc1ccc(C)cc1S(=O)(=O)N/N=C/c1c(Cl)cccc1Cl. The second-order valence-electron chi connectivity index (χ2n) is 4.64. The molecule has 0 bridgehead atoms. The Bertz CT molecular complexity index is 832. The molecule has 0 aliphatic carbocycles. The zero-order valence-corrected chi connectivity index (χ0v) is 14.7. The second-order valence-corrected chi connectivity index (χ2v) is 7.09. The molecule has 0 heterocycles. The molecule has 2 aromatic carbocycles. The number of ether oxygens (including phenoxy) is 1. The standard InChI is InChI=1S/C15H14Cl2N2O3S/c1-10-6-7-14(22-2)15(8-10)23(20,21)19-18-9-11-12(16)4-3-5-13(11)17/h3-9,19H,1-2H3/b18-9+. The number of nitrogens with zero attached hydrogens (tertiary/aromatic N) is 1. The minimum Gasteiger partial charge on any atom is -0.495 e. The summed E-state index contributed by atoms with van der Waals surface area (Å²) in [6.45, 7) is 1.78. The Morgan fingerprint density at radius 2 is 1.83 bits per heavy atom. The van der Waals surface area contributed by atoms with Gasteiger partial charge in [-0.3, -0.25) is 0 Å². The first-order chi connectivity index (χ1) is 10.8. The quantitative estimate of drug-likeness (QED) is 0.643. The summed E-state index contributed by atoms with van der Waals surface area (Å²) in [6, 6.07) is 9.78. The molecule has 2 rings (SSSR count). The Morgan fingerprint density at radius 3 is 2.43 bits per heavy atom. The smallest absolute Gasteiger partial charge is 0.280 e. The minimum atomic E-state index is -3.88. The summed E-state index contributed by atoms with van der Waals surface area (Å²) >= 11 is 12.0. The topological polar surface area (TPSA) is 67.8 Å². The zero-order chi connectivity index (χ0) is 17.0. The third kappa shape index (κ3) is 4.16. The molecule has 2 aromatic rings. The van der Waals surface area contributed by atoms with Crippen LogP contribution in [0.25, 0.3) is 0 Å². The Labute approximate surface area is 144 Å². The van der Waals surface area contributed by atoms with Crippen LogP contribution in [0.1, 0.15) is 11.1 Å². The number of hydrogen-bond acceptors (Lipinski definition) is 4. The lowest BCUT2D eigenvalue weighted by atomic mass is 10.2. The van der Waals surface area contributed by atoms with E-state index in [1.54, 1.807) is 37.3 Å². The van der Waals surface area contributed by atoms with E-state index in [-0.39, 0.29) is 10.6 Å². The molecule has 0 aromatic heterocycles. The summed E-state index contributed by atoms with van der Waals surface area (Å²) in [5.74, 6) is 0.231. The highest BCUT2D eigenvalue weighted by atomic mass is 35.5. The van der Waals surface area contributed by atoms with Gasteiger partial charge in [-0.1, -0.05) is 35.3 Å². The molecule has 0 fully saturated rings. The van der Waals surface area contributed by atoms with Crippen molar-refractivity contribution in [2.45, 2.75) is 11.8 Å². The van der Waals surface area contributed by atoms with Crippen molar-refractivity contribution >= 4 is 39.4 Å². The fraction of sp³-hybridized carbons (Fsp3) is 0.133. The fourth-order valence-electron chi connectivity index (χ4n) is 1.84. The van der Waals surface area contributed by atoms with Crippen LogP contribution in [0.5, 0.6) is 5.75 Å². The highest BCUT2D eigenvalue weighted by Crippen LogP contribution is 2.25. The Hall–Kier alpha value is -1.76. The van der Waals surface area contributed by atoms with Gasteiger partial charge in [0.1, 0.15) is 10.6 Å². The van der Waals surface area contributed by atoms with Gasteiger partial charge in [-0.05, 0) is 36.8 Å². The van der Waals surface area contributed by atoms with Gasteiger partial charge < -0.3 is 4.74 Å². The van der Waals surface area contributed by atoms with Gasteiger partial charge in [0.25, 0.3) is 10.0 Å². The van der Waals surface area contributed by atoms with E-state index in [2.05, 4.69) is 9.93 Å². The summed E-state index contributed by atoms with van der Waals surface area (Å²) in [7, 11) is -2.48. The number of methoxy groups -OCH3 is 1. The van der Waals surface area contributed by atoms with Crippen molar-refractivity contribution in [1.82, 2.24) is 4.83 Å². The molecule has 8 heteroatoms. The van der Waals surface area contributed by atoms with Crippen molar-refractivity contribution in [1.29, 1.82) is 0 Å². The third-order valence-electron chi connectivity index (χ3n) is 2.97. The molecule has 0 saturated heterocycles. The van der Waals surface area contributed by atoms with E-state index in [4.69, 9.17) is 27.9 Å². The van der Waals surface area contributed by atoms with Crippen LogP contribution in [0, 0.1) is 6.92 Å². The maximum absolute atomic E-state index is 12.4. The molecule has 0 aliphatic heterocycles. The first-order valence-electron chi connectivity index (χ1n) is 6.48. The van der Waals surface area contributed by atoms with E-state index in [0.717, 1.165) is 5.56 Å². The van der Waals surface area contributed by atoms with Crippen LogP contribution < -0.4 is 9.57 Å². The first kappa shape index (κ1) is 17.6. The molecule has 0 amide bonds. The highest BCUT2D eigenvalue weighted by Gasteiger charge is 2.19. The number of nitrogens with one attached hydrogen (secondary N) is 1. The molecule has 0 atom stereocenters. The van der Waals surface area contributed by atoms with E-state index in [0.29, 0.717) is 15.6 Å². The molecule has 0 saturated carbocycles. The molecular weight excluding hydrogens is 359 g/mol. The maximum atomic E-state index is 12.4. The van der Waals surface area contributed by atoms with Crippen LogP contribution in [0.3, 0.4) is 0 Å². The van der Waals surface area contributed by atoms with Crippen LogP contribution in [-0.4, -0.2) is 21.7 Å². The molecule has 0 radical (unpaired) electrons. The average molecular weight is 373 g/mol. The van der Waals surface area contributed by atoms with Crippen molar-refractivity contribution < 1.29 is 13.2 Å². The number of hydrogen-bond donors (Lipinski definition) is 1. The van der Waals surface area contributed by atoms with Gasteiger partial charge in [0.15, 0.2) is 0 Å². The van der Waals surface area contributed by atoms with E-state index in [1.807, 2.05) is 0 Å². The number of aryl methyl sites for hydroxylation is 1. The van der Waals surface area contributed by atoms with Crippen molar-refractivity contribution in [3.05, 3.63) is 57.6 Å². The van der Waals surface area contributed by atoms with Gasteiger partial charge in [-0.2, -0.15) is 18.4 Å². The second kappa shape index (κ2) is 7.21. The van der Waals surface area contributed by atoms with Crippen molar-refractivity contribution in [2.24, 2.45) is 5.10 Å². The number of halogens is 2. The lowest BCUT2D eigenvalue weighted by Gasteiger charge is -2.09. The molecule has 5 nitrogen and oxygen atoms in total. The Morgan fingerprint density at radius 1 is 1.17 bits per heavy atom. The van der Waals surface area contributed by atoms with E-state index in [1.165, 1.54) is 19.4 Å². The van der Waals surface area contributed by atoms with E-state index >= 15 is 0 Å². The van der Waals surface area contributed by atoms with Crippen LogP contribution in [-0.2, 0) is 10.0 Å². The van der Waals surface area contributed by atoms with Crippen LogP contribution in [0.15, 0.2) is 46.4 Å². The molecule has 0 aliphatic rings. The summed E-state index contributed by atoms with van der Waals surface area (Å²) in [6.07, 6.45) is 1.25. The van der Waals surface area contributed by atoms with Crippen LogP contribution in [0.2, 0.25) is 10.0 Å². The summed E-state index contributed by atoms with van der Waals surface area (Å²) in [5, 5.41) is 4.47. The molecular formula is C15H14Cl2N2O3S. The lowest BCUT2D eigenvalue weighted by molar-refractivity contribution is 0.402. The lowest BCUT2D eigenvalue weighted by Crippen LogP contribution is -2.19. The van der Waals surface area contributed by atoms with Gasteiger partial charge in [0.2, 0.25) is 0 Å². The maximum Gasteiger partial charge on any atom is 0.280 e. The summed E-state index contributed by atoms with van der Waals surface area (Å²) in [4.78, 5) is 2.13. The van der Waals surface area contributed by atoms with Gasteiger partial charge >= 0.3 is 0 Å². The normalized spacial score (nSPS) is 11.7. The minimum absolute atomic E-state index is 0.00223. The average Bonchev–Trinajstić information content (AvgIpc) is 2.50. The predicted molar refractivity (Wildman–Crippen MR) is 92.1 cm³/mol. The van der Waals surface area contributed by atoms with Gasteiger partial charge in [0.05, 0.1) is 23.4 Å². The number of sulfonamides is 1. The van der Waals surface area contributed by atoms with Crippen LogP contribution >= 0.6 is 23.2 Å². The highest BCUT2D eigenvalue weighted by molar-refractivity contribution is 7.89. The Kier molecular flexibility index (Phi) is 5.51. The van der Waals surface area contributed by atoms with Crippen molar-refractivity contribution in [3.63, 3.8) is 0 Å².